The summed E-state index contributed by atoms with van der Waals surface area (Å²) >= 11 is 0. The third-order valence-corrected chi connectivity index (χ3v) is 3.50. The molecular weight excluding hydrogens is 224 g/mol. The molecule has 4 heteroatoms. The van der Waals surface area contributed by atoms with Crippen LogP contribution in [0.3, 0.4) is 0 Å². The normalized spacial score (nSPS) is 22.2. The Hall–Kier alpha value is -2.15. The van der Waals surface area contributed by atoms with Crippen LogP contribution in [-0.4, -0.2) is 16.2 Å². The highest BCUT2D eigenvalue weighted by Crippen LogP contribution is 2.32. The summed E-state index contributed by atoms with van der Waals surface area (Å²) in [6.07, 6.45) is 2.31. The molecular formula is C14H14N4. The molecule has 1 aliphatic rings. The minimum Gasteiger partial charge on any atom is -0.379 e. The molecule has 0 aliphatic heterocycles. The molecule has 1 N–H and O–H groups in total. The van der Waals surface area contributed by atoms with Gasteiger partial charge in [0.15, 0.2) is 5.69 Å². The minimum absolute atomic E-state index is 0.383. The van der Waals surface area contributed by atoms with E-state index in [1.807, 2.05) is 24.3 Å². The number of benzene rings is 1. The SMILES string of the molecule is CC1CC(Nc2c(C#N)nnc3ccccc23)C1. The number of anilines is 1. The topological polar surface area (TPSA) is 61.6 Å². The molecule has 1 saturated carbocycles. The Morgan fingerprint density at radius 1 is 1.28 bits per heavy atom. The molecule has 4 nitrogen and oxygen atoms in total. The van der Waals surface area contributed by atoms with Gasteiger partial charge in [-0.05, 0) is 24.8 Å². The van der Waals surface area contributed by atoms with Crippen molar-refractivity contribution in [2.45, 2.75) is 25.8 Å². The number of fused-ring (bicyclic) bond motifs is 1. The Kier molecular flexibility index (Phi) is 2.60. The lowest BCUT2D eigenvalue weighted by molar-refractivity contribution is 0.309. The summed E-state index contributed by atoms with van der Waals surface area (Å²) in [5.41, 5.74) is 2.04. The average Bonchev–Trinajstić information content (AvgIpc) is 2.37. The molecule has 1 heterocycles. The number of hydrogen-bond acceptors (Lipinski definition) is 4. The van der Waals surface area contributed by atoms with Gasteiger partial charge in [0.05, 0.1) is 11.2 Å². The van der Waals surface area contributed by atoms with Crippen LogP contribution in [0.1, 0.15) is 25.5 Å². The number of hydrogen-bond donors (Lipinski definition) is 1. The first-order valence-corrected chi connectivity index (χ1v) is 6.20. The van der Waals surface area contributed by atoms with E-state index in [1.54, 1.807) is 0 Å². The molecule has 1 aromatic carbocycles. The van der Waals surface area contributed by atoms with Crippen molar-refractivity contribution in [3.63, 3.8) is 0 Å². The first-order chi connectivity index (χ1) is 8.78. The summed E-state index contributed by atoms with van der Waals surface area (Å²) in [6.45, 7) is 2.24. The lowest BCUT2D eigenvalue weighted by atomic mass is 9.81. The van der Waals surface area contributed by atoms with Gasteiger partial charge >= 0.3 is 0 Å². The van der Waals surface area contributed by atoms with E-state index in [4.69, 9.17) is 5.26 Å². The Labute approximate surface area is 106 Å². The van der Waals surface area contributed by atoms with Crippen LogP contribution in [0.15, 0.2) is 24.3 Å². The van der Waals surface area contributed by atoms with Gasteiger partial charge in [0.1, 0.15) is 6.07 Å². The molecule has 0 bridgehead atoms. The fraction of sp³-hybridized carbons (Fsp3) is 0.357. The largest absolute Gasteiger partial charge is 0.379 e. The lowest BCUT2D eigenvalue weighted by Gasteiger charge is -2.34. The summed E-state index contributed by atoms with van der Waals surface area (Å²) in [4.78, 5) is 0. The van der Waals surface area contributed by atoms with Crippen LogP contribution in [0, 0.1) is 17.2 Å². The van der Waals surface area contributed by atoms with Crippen molar-refractivity contribution in [3.8, 4) is 6.07 Å². The van der Waals surface area contributed by atoms with Gasteiger partial charge in [-0.3, -0.25) is 0 Å². The highest BCUT2D eigenvalue weighted by molar-refractivity contribution is 5.92. The number of rotatable bonds is 2. The lowest BCUT2D eigenvalue weighted by Crippen LogP contribution is -2.34. The molecule has 0 unspecified atom stereocenters. The summed E-state index contributed by atoms with van der Waals surface area (Å²) in [6, 6.07) is 10.4. The molecule has 1 aliphatic carbocycles. The maximum atomic E-state index is 9.14. The summed E-state index contributed by atoms with van der Waals surface area (Å²) in [5.74, 6) is 0.772. The van der Waals surface area contributed by atoms with Crippen molar-refractivity contribution >= 4 is 16.6 Å². The van der Waals surface area contributed by atoms with Gasteiger partial charge in [-0.15, -0.1) is 10.2 Å². The Bertz CT molecular complexity index is 623. The van der Waals surface area contributed by atoms with E-state index in [-0.39, 0.29) is 0 Å². The first kappa shape index (κ1) is 11.0. The van der Waals surface area contributed by atoms with E-state index in [1.165, 1.54) is 0 Å². The monoisotopic (exact) mass is 238 g/mol. The van der Waals surface area contributed by atoms with Crippen molar-refractivity contribution in [3.05, 3.63) is 30.0 Å². The minimum atomic E-state index is 0.383. The van der Waals surface area contributed by atoms with Gasteiger partial charge < -0.3 is 5.32 Å². The second kappa shape index (κ2) is 4.26. The van der Waals surface area contributed by atoms with Gasteiger partial charge in [0.25, 0.3) is 0 Å². The van der Waals surface area contributed by atoms with Crippen LogP contribution >= 0.6 is 0 Å². The molecule has 1 aromatic heterocycles. The molecule has 0 amide bonds. The molecule has 18 heavy (non-hydrogen) atoms. The van der Waals surface area contributed by atoms with E-state index in [0.29, 0.717) is 11.7 Å². The van der Waals surface area contributed by atoms with Gasteiger partial charge in [0, 0.05) is 11.4 Å². The van der Waals surface area contributed by atoms with E-state index >= 15 is 0 Å². The van der Waals surface area contributed by atoms with Crippen LogP contribution in [0.2, 0.25) is 0 Å². The highest BCUT2D eigenvalue weighted by Gasteiger charge is 2.26. The van der Waals surface area contributed by atoms with Gasteiger partial charge in [-0.2, -0.15) is 5.26 Å². The smallest absolute Gasteiger partial charge is 0.186 e. The summed E-state index contributed by atoms with van der Waals surface area (Å²) < 4.78 is 0. The van der Waals surface area contributed by atoms with Gasteiger partial charge in [0.2, 0.25) is 0 Å². The van der Waals surface area contributed by atoms with Crippen LogP contribution in [0.4, 0.5) is 5.69 Å². The standard InChI is InChI=1S/C14H14N4/c1-9-6-10(7-9)16-14-11-4-2-3-5-12(11)17-18-13(14)8-15/h2-5,9-10H,6-7H2,1H3,(H,16,17). The number of nitriles is 1. The van der Waals surface area contributed by atoms with Crippen molar-refractivity contribution < 1.29 is 0 Å². The van der Waals surface area contributed by atoms with Crippen LogP contribution in [-0.2, 0) is 0 Å². The molecule has 0 saturated heterocycles. The molecule has 0 spiro atoms. The molecule has 2 aromatic rings. The molecule has 0 atom stereocenters. The number of aromatic nitrogens is 2. The van der Waals surface area contributed by atoms with Crippen molar-refractivity contribution in [2.24, 2.45) is 5.92 Å². The number of nitrogens with one attached hydrogen (secondary N) is 1. The Balaban J connectivity index is 2.04. The highest BCUT2D eigenvalue weighted by atomic mass is 15.1. The summed E-state index contributed by atoms with van der Waals surface area (Å²) in [7, 11) is 0. The number of nitrogens with zero attached hydrogens (tertiary/aromatic N) is 3. The molecule has 1 fully saturated rings. The first-order valence-electron chi connectivity index (χ1n) is 6.20. The zero-order chi connectivity index (χ0) is 12.5. The van der Waals surface area contributed by atoms with Crippen LogP contribution < -0.4 is 5.32 Å². The Morgan fingerprint density at radius 2 is 2.06 bits per heavy atom. The van der Waals surface area contributed by atoms with E-state index < -0.39 is 0 Å². The second-order valence-corrected chi connectivity index (χ2v) is 4.97. The average molecular weight is 238 g/mol. The zero-order valence-corrected chi connectivity index (χ0v) is 10.2. The maximum absolute atomic E-state index is 9.14. The van der Waals surface area contributed by atoms with E-state index in [0.717, 1.165) is 35.3 Å². The molecule has 90 valence electrons. The predicted molar refractivity (Wildman–Crippen MR) is 70.1 cm³/mol. The van der Waals surface area contributed by atoms with Crippen molar-refractivity contribution in [1.82, 2.24) is 10.2 Å². The zero-order valence-electron chi connectivity index (χ0n) is 10.2. The fourth-order valence-corrected chi connectivity index (χ4v) is 2.50. The summed E-state index contributed by atoms with van der Waals surface area (Å²) in [5, 5.41) is 21.6. The third kappa shape index (κ3) is 1.78. The van der Waals surface area contributed by atoms with Crippen molar-refractivity contribution in [2.75, 3.05) is 5.32 Å². The predicted octanol–water partition coefficient (Wildman–Crippen LogP) is 2.71. The van der Waals surface area contributed by atoms with Gasteiger partial charge in [-0.25, -0.2) is 0 Å². The van der Waals surface area contributed by atoms with E-state index in [9.17, 15) is 0 Å². The fourth-order valence-electron chi connectivity index (χ4n) is 2.50. The van der Waals surface area contributed by atoms with Gasteiger partial charge in [-0.1, -0.05) is 25.1 Å². The second-order valence-electron chi connectivity index (χ2n) is 4.97. The molecule has 3 rings (SSSR count). The van der Waals surface area contributed by atoms with Crippen LogP contribution in [0.5, 0.6) is 0 Å². The Morgan fingerprint density at radius 3 is 2.78 bits per heavy atom. The van der Waals surface area contributed by atoms with Crippen LogP contribution in [0.25, 0.3) is 10.9 Å². The van der Waals surface area contributed by atoms with E-state index in [2.05, 4.69) is 28.5 Å². The quantitative estimate of drug-likeness (QED) is 0.873. The maximum Gasteiger partial charge on any atom is 0.186 e. The van der Waals surface area contributed by atoms with Crippen molar-refractivity contribution in [1.29, 1.82) is 5.26 Å². The molecule has 0 radical (unpaired) electrons. The third-order valence-electron chi connectivity index (χ3n) is 3.50.